The summed E-state index contributed by atoms with van der Waals surface area (Å²) in [5, 5.41) is 16.7. The van der Waals surface area contributed by atoms with Crippen molar-refractivity contribution in [3.63, 3.8) is 0 Å². The highest BCUT2D eigenvalue weighted by molar-refractivity contribution is 7.13. The standard InChI is InChI=1S/C16H10ClN3O3S/c17-11-3-6-13(14(9-11)20(22)23)15(21)19-12-4-1-10(2-5-12)16-18-7-8-24-16/h1-9H,(H,19,21). The average Bonchev–Trinajstić information content (AvgIpc) is 3.09. The lowest BCUT2D eigenvalue weighted by atomic mass is 10.1. The molecule has 0 radical (unpaired) electrons. The Morgan fingerprint density at radius 1 is 1.21 bits per heavy atom. The van der Waals surface area contributed by atoms with E-state index in [0.717, 1.165) is 16.6 Å². The Morgan fingerprint density at radius 3 is 2.58 bits per heavy atom. The molecule has 6 nitrogen and oxygen atoms in total. The number of carbonyl (C=O) groups is 1. The van der Waals surface area contributed by atoms with E-state index in [2.05, 4.69) is 10.3 Å². The number of thiazole rings is 1. The molecule has 0 fully saturated rings. The third kappa shape index (κ3) is 3.42. The van der Waals surface area contributed by atoms with Gasteiger partial charge in [0.2, 0.25) is 0 Å². The molecule has 1 heterocycles. The maximum atomic E-state index is 12.3. The van der Waals surface area contributed by atoms with Crippen LogP contribution in [0, 0.1) is 10.1 Å². The van der Waals surface area contributed by atoms with Gasteiger partial charge in [0, 0.05) is 33.9 Å². The Labute approximate surface area is 145 Å². The summed E-state index contributed by atoms with van der Waals surface area (Å²) >= 11 is 7.26. The highest BCUT2D eigenvalue weighted by atomic mass is 35.5. The third-order valence-electron chi connectivity index (χ3n) is 3.22. The first-order chi connectivity index (χ1) is 11.5. The van der Waals surface area contributed by atoms with E-state index in [1.54, 1.807) is 18.3 Å². The number of nitro groups is 1. The minimum absolute atomic E-state index is 0.0478. The number of hydrogen-bond donors (Lipinski definition) is 1. The second-order valence-electron chi connectivity index (χ2n) is 4.79. The summed E-state index contributed by atoms with van der Waals surface area (Å²) in [7, 11) is 0. The monoisotopic (exact) mass is 359 g/mol. The largest absolute Gasteiger partial charge is 0.322 e. The fourth-order valence-electron chi connectivity index (χ4n) is 2.11. The molecule has 120 valence electrons. The number of hydrogen-bond acceptors (Lipinski definition) is 5. The van der Waals surface area contributed by atoms with Crippen molar-refractivity contribution >= 4 is 40.2 Å². The topological polar surface area (TPSA) is 85.1 Å². The lowest BCUT2D eigenvalue weighted by Crippen LogP contribution is -2.13. The van der Waals surface area contributed by atoms with Crippen LogP contribution in [0.1, 0.15) is 10.4 Å². The fraction of sp³-hybridized carbons (Fsp3) is 0. The highest BCUT2D eigenvalue weighted by Crippen LogP contribution is 2.26. The van der Waals surface area contributed by atoms with Crippen LogP contribution in [0.25, 0.3) is 10.6 Å². The van der Waals surface area contributed by atoms with Crippen LogP contribution in [0.5, 0.6) is 0 Å². The van der Waals surface area contributed by atoms with Crippen molar-refractivity contribution in [3.05, 3.63) is 74.7 Å². The molecule has 0 bridgehead atoms. The first kappa shape index (κ1) is 16.1. The second kappa shape index (κ2) is 6.77. The van der Waals surface area contributed by atoms with Gasteiger partial charge in [0.05, 0.1) is 4.92 Å². The number of aromatic nitrogens is 1. The van der Waals surface area contributed by atoms with Crippen LogP contribution >= 0.6 is 22.9 Å². The van der Waals surface area contributed by atoms with E-state index in [1.165, 1.54) is 23.5 Å². The molecule has 24 heavy (non-hydrogen) atoms. The quantitative estimate of drug-likeness (QED) is 0.543. The minimum Gasteiger partial charge on any atom is -0.322 e. The summed E-state index contributed by atoms with van der Waals surface area (Å²) in [5.74, 6) is -0.569. The Hall–Kier alpha value is -2.77. The highest BCUT2D eigenvalue weighted by Gasteiger charge is 2.20. The van der Waals surface area contributed by atoms with Gasteiger partial charge in [0.15, 0.2) is 0 Å². The molecule has 1 aromatic heterocycles. The number of carbonyl (C=O) groups excluding carboxylic acids is 1. The van der Waals surface area contributed by atoms with E-state index < -0.39 is 10.8 Å². The number of benzene rings is 2. The lowest BCUT2D eigenvalue weighted by Gasteiger charge is -2.07. The molecule has 0 aliphatic heterocycles. The zero-order valence-electron chi connectivity index (χ0n) is 12.1. The van der Waals surface area contributed by atoms with E-state index in [-0.39, 0.29) is 16.3 Å². The molecule has 1 N–H and O–H groups in total. The second-order valence-corrected chi connectivity index (χ2v) is 6.12. The van der Waals surface area contributed by atoms with Crippen molar-refractivity contribution in [2.45, 2.75) is 0 Å². The van der Waals surface area contributed by atoms with Gasteiger partial charge in [0.1, 0.15) is 10.6 Å². The Balaban J connectivity index is 1.81. The summed E-state index contributed by atoms with van der Waals surface area (Å²) in [6.45, 7) is 0. The molecule has 0 atom stereocenters. The Kier molecular flexibility index (Phi) is 4.54. The molecule has 8 heteroatoms. The van der Waals surface area contributed by atoms with Crippen LogP contribution < -0.4 is 5.32 Å². The summed E-state index contributed by atoms with van der Waals surface area (Å²) < 4.78 is 0. The SMILES string of the molecule is O=C(Nc1ccc(-c2nccs2)cc1)c1ccc(Cl)cc1[N+](=O)[O-]. The first-order valence-electron chi connectivity index (χ1n) is 6.80. The predicted molar refractivity (Wildman–Crippen MR) is 93.6 cm³/mol. The van der Waals surface area contributed by atoms with E-state index in [0.29, 0.717) is 5.69 Å². The number of halogens is 1. The van der Waals surface area contributed by atoms with Crippen molar-refractivity contribution < 1.29 is 9.72 Å². The zero-order chi connectivity index (χ0) is 17.1. The van der Waals surface area contributed by atoms with Crippen LogP contribution in [0.2, 0.25) is 5.02 Å². The maximum Gasteiger partial charge on any atom is 0.283 e. The zero-order valence-corrected chi connectivity index (χ0v) is 13.7. The number of nitro benzene ring substituents is 1. The van der Waals surface area contributed by atoms with Gasteiger partial charge in [-0.3, -0.25) is 14.9 Å². The molecule has 0 unspecified atom stereocenters. The normalized spacial score (nSPS) is 10.4. The Bertz CT molecular complexity index is 895. The molecule has 3 aromatic rings. The number of anilines is 1. The van der Waals surface area contributed by atoms with E-state index in [9.17, 15) is 14.9 Å². The van der Waals surface area contributed by atoms with E-state index in [1.807, 2.05) is 17.5 Å². The van der Waals surface area contributed by atoms with Crippen LogP contribution in [-0.2, 0) is 0 Å². The van der Waals surface area contributed by atoms with Crippen molar-refractivity contribution in [2.24, 2.45) is 0 Å². The van der Waals surface area contributed by atoms with Gasteiger partial charge in [-0.15, -0.1) is 11.3 Å². The summed E-state index contributed by atoms with van der Waals surface area (Å²) in [5.41, 5.74) is 1.08. The Morgan fingerprint density at radius 2 is 1.96 bits per heavy atom. The third-order valence-corrected chi connectivity index (χ3v) is 4.28. The van der Waals surface area contributed by atoms with Gasteiger partial charge in [0.25, 0.3) is 11.6 Å². The van der Waals surface area contributed by atoms with Gasteiger partial charge in [-0.1, -0.05) is 11.6 Å². The average molecular weight is 360 g/mol. The smallest absolute Gasteiger partial charge is 0.283 e. The van der Waals surface area contributed by atoms with Crippen molar-refractivity contribution in [3.8, 4) is 10.6 Å². The van der Waals surface area contributed by atoms with E-state index >= 15 is 0 Å². The van der Waals surface area contributed by atoms with Crippen molar-refractivity contribution in [1.29, 1.82) is 0 Å². The number of nitrogens with zero attached hydrogens (tertiary/aromatic N) is 2. The molecular formula is C16H10ClN3O3S. The molecule has 0 saturated carbocycles. The molecular weight excluding hydrogens is 350 g/mol. The maximum absolute atomic E-state index is 12.3. The van der Waals surface area contributed by atoms with Gasteiger partial charge in [-0.2, -0.15) is 0 Å². The van der Waals surface area contributed by atoms with Gasteiger partial charge in [-0.25, -0.2) is 4.98 Å². The van der Waals surface area contributed by atoms with Crippen molar-refractivity contribution in [2.75, 3.05) is 5.32 Å². The summed E-state index contributed by atoms with van der Waals surface area (Å²) in [6.07, 6.45) is 1.72. The van der Waals surface area contributed by atoms with Crippen LogP contribution in [0.4, 0.5) is 11.4 Å². The van der Waals surface area contributed by atoms with Crippen LogP contribution in [0.15, 0.2) is 54.0 Å². The summed E-state index contributed by atoms with van der Waals surface area (Å²) in [6, 6.07) is 11.0. The van der Waals surface area contributed by atoms with Crippen molar-refractivity contribution in [1.82, 2.24) is 4.98 Å². The number of rotatable bonds is 4. The van der Waals surface area contributed by atoms with E-state index in [4.69, 9.17) is 11.6 Å². The minimum atomic E-state index is -0.633. The lowest BCUT2D eigenvalue weighted by molar-refractivity contribution is -0.385. The molecule has 1 amide bonds. The molecule has 0 saturated heterocycles. The van der Waals surface area contributed by atoms with Gasteiger partial charge < -0.3 is 5.32 Å². The molecule has 0 spiro atoms. The molecule has 0 aliphatic carbocycles. The van der Waals surface area contributed by atoms with Gasteiger partial charge >= 0.3 is 0 Å². The molecule has 3 rings (SSSR count). The molecule has 0 aliphatic rings. The molecule has 2 aromatic carbocycles. The number of amides is 1. The van der Waals surface area contributed by atoms with Gasteiger partial charge in [-0.05, 0) is 36.4 Å². The first-order valence-corrected chi connectivity index (χ1v) is 8.05. The fourth-order valence-corrected chi connectivity index (χ4v) is 2.92. The number of nitrogens with one attached hydrogen (secondary N) is 1. The predicted octanol–water partition coefficient (Wildman–Crippen LogP) is 4.62. The van der Waals surface area contributed by atoms with Crippen LogP contribution in [0.3, 0.4) is 0 Å². The van der Waals surface area contributed by atoms with Crippen LogP contribution in [-0.4, -0.2) is 15.8 Å². The summed E-state index contributed by atoms with van der Waals surface area (Å²) in [4.78, 5) is 26.9.